The fourth-order valence-electron chi connectivity index (χ4n) is 3.03. The van der Waals surface area contributed by atoms with Gasteiger partial charge in [-0.2, -0.15) is 0 Å². The summed E-state index contributed by atoms with van der Waals surface area (Å²) in [7, 11) is 4.73. The first-order chi connectivity index (χ1) is 13.1. The van der Waals surface area contributed by atoms with Gasteiger partial charge in [0.2, 0.25) is 5.88 Å². The molecule has 0 aliphatic carbocycles. The topological polar surface area (TPSA) is 57.7 Å². The van der Waals surface area contributed by atoms with Gasteiger partial charge >= 0.3 is 0 Å². The van der Waals surface area contributed by atoms with Crippen molar-refractivity contribution in [2.75, 3.05) is 21.3 Å². The summed E-state index contributed by atoms with van der Waals surface area (Å²) in [4.78, 5) is 17.4. The second-order valence-corrected chi connectivity index (χ2v) is 7.02. The molecule has 2 heterocycles. The van der Waals surface area contributed by atoms with Crippen molar-refractivity contribution in [2.45, 2.75) is 0 Å². The SMILES string of the molecule is COc1ccc(-c2ccc3sc4cc(OC)c(OC)cc4c(=O)c3c2)cn1. The Morgan fingerprint density at radius 2 is 1.48 bits per heavy atom. The number of aromatic nitrogens is 1. The van der Waals surface area contributed by atoms with Crippen LogP contribution in [0.25, 0.3) is 31.3 Å². The minimum Gasteiger partial charge on any atom is -0.493 e. The highest BCUT2D eigenvalue weighted by atomic mass is 32.1. The number of benzene rings is 2. The molecule has 27 heavy (non-hydrogen) atoms. The molecule has 0 saturated carbocycles. The van der Waals surface area contributed by atoms with E-state index < -0.39 is 0 Å². The first-order valence-corrected chi connectivity index (χ1v) is 9.09. The van der Waals surface area contributed by atoms with Gasteiger partial charge in [0.25, 0.3) is 0 Å². The highest BCUT2D eigenvalue weighted by molar-refractivity contribution is 7.24. The molecule has 2 aromatic heterocycles. The minimum absolute atomic E-state index is 0.0250. The van der Waals surface area contributed by atoms with Gasteiger partial charge in [0.15, 0.2) is 16.9 Å². The number of ether oxygens (including phenoxy) is 3. The van der Waals surface area contributed by atoms with Gasteiger partial charge in [0, 0.05) is 44.1 Å². The van der Waals surface area contributed by atoms with Crippen LogP contribution < -0.4 is 19.6 Å². The molecular formula is C21H17NO4S. The predicted octanol–water partition coefficient (Wildman–Crippen LogP) is 4.50. The fourth-order valence-corrected chi connectivity index (χ4v) is 4.10. The number of hydrogen-bond donors (Lipinski definition) is 0. The van der Waals surface area contributed by atoms with E-state index in [1.165, 1.54) is 0 Å². The molecule has 0 saturated heterocycles. The Morgan fingerprint density at radius 1 is 0.778 bits per heavy atom. The van der Waals surface area contributed by atoms with Crippen LogP contribution in [0.3, 0.4) is 0 Å². The van der Waals surface area contributed by atoms with Gasteiger partial charge in [-0.15, -0.1) is 11.3 Å². The van der Waals surface area contributed by atoms with Crippen molar-refractivity contribution in [3.8, 4) is 28.5 Å². The third kappa shape index (κ3) is 2.98. The summed E-state index contributed by atoms with van der Waals surface area (Å²) in [6, 6.07) is 13.2. The maximum atomic E-state index is 13.1. The van der Waals surface area contributed by atoms with Crippen LogP contribution in [0.5, 0.6) is 17.4 Å². The van der Waals surface area contributed by atoms with Gasteiger partial charge < -0.3 is 14.2 Å². The van der Waals surface area contributed by atoms with Crippen LogP contribution in [-0.2, 0) is 0 Å². The molecule has 0 unspecified atom stereocenters. The molecule has 0 aliphatic heterocycles. The van der Waals surface area contributed by atoms with Crippen molar-refractivity contribution in [3.05, 3.63) is 58.9 Å². The van der Waals surface area contributed by atoms with Crippen molar-refractivity contribution < 1.29 is 14.2 Å². The lowest BCUT2D eigenvalue weighted by Crippen LogP contribution is -2.02. The molecule has 0 amide bonds. The normalized spacial score (nSPS) is 10.9. The standard InChI is InChI=1S/C21H17NO4S/c1-24-16-9-15-19(10-17(16)25-2)27-18-6-4-12(8-14(18)21(15)23)13-5-7-20(26-3)22-11-13/h4-11H,1-3H3. The largest absolute Gasteiger partial charge is 0.493 e. The number of methoxy groups -OCH3 is 3. The summed E-state index contributed by atoms with van der Waals surface area (Å²) < 4.78 is 17.6. The van der Waals surface area contributed by atoms with Crippen molar-refractivity contribution in [1.82, 2.24) is 4.98 Å². The third-order valence-corrected chi connectivity index (χ3v) is 5.59. The molecule has 0 spiro atoms. The van der Waals surface area contributed by atoms with Gasteiger partial charge in [0.1, 0.15) is 0 Å². The average Bonchev–Trinajstić information content (AvgIpc) is 2.73. The molecule has 0 atom stereocenters. The summed E-state index contributed by atoms with van der Waals surface area (Å²) >= 11 is 1.55. The first-order valence-electron chi connectivity index (χ1n) is 8.27. The molecule has 2 aromatic carbocycles. The number of rotatable bonds is 4. The van der Waals surface area contributed by atoms with Gasteiger partial charge in [0.05, 0.1) is 21.3 Å². The quantitative estimate of drug-likeness (QED) is 0.489. The van der Waals surface area contributed by atoms with E-state index in [2.05, 4.69) is 4.98 Å². The molecule has 4 rings (SSSR count). The second kappa shape index (κ2) is 6.89. The minimum atomic E-state index is -0.0250. The Hall–Kier alpha value is -3.12. The van der Waals surface area contributed by atoms with E-state index in [9.17, 15) is 4.79 Å². The Kier molecular flexibility index (Phi) is 4.41. The maximum absolute atomic E-state index is 13.1. The lowest BCUT2D eigenvalue weighted by Gasteiger charge is -2.10. The van der Waals surface area contributed by atoms with E-state index in [0.29, 0.717) is 28.2 Å². The van der Waals surface area contributed by atoms with Crippen LogP contribution in [0.2, 0.25) is 0 Å². The molecule has 0 bridgehead atoms. The van der Waals surface area contributed by atoms with Crippen LogP contribution in [-0.4, -0.2) is 26.3 Å². The molecule has 136 valence electrons. The third-order valence-electron chi connectivity index (χ3n) is 4.45. The first kappa shape index (κ1) is 17.3. The zero-order valence-corrected chi connectivity index (χ0v) is 15.9. The Labute approximate surface area is 159 Å². The lowest BCUT2D eigenvalue weighted by atomic mass is 10.1. The van der Waals surface area contributed by atoms with E-state index in [-0.39, 0.29) is 5.43 Å². The lowest BCUT2D eigenvalue weighted by molar-refractivity contribution is 0.356. The van der Waals surface area contributed by atoms with Gasteiger partial charge in [-0.25, -0.2) is 4.98 Å². The molecule has 0 fully saturated rings. The van der Waals surface area contributed by atoms with E-state index in [1.54, 1.807) is 51.0 Å². The molecule has 0 aliphatic rings. The summed E-state index contributed by atoms with van der Waals surface area (Å²) in [5.74, 6) is 1.71. The smallest absolute Gasteiger partial charge is 0.212 e. The summed E-state index contributed by atoms with van der Waals surface area (Å²) in [5.41, 5.74) is 1.83. The summed E-state index contributed by atoms with van der Waals surface area (Å²) in [5, 5.41) is 1.29. The van der Waals surface area contributed by atoms with Crippen molar-refractivity contribution in [1.29, 1.82) is 0 Å². The summed E-state index contributed by atoms with van der Waals surface area (Å²) in [6.45, 7) is 0. The van der Waals surface area contributed by atoms with Gasteiger partial charge in [-0.1, -0.05) is 6.07 Å². The zero-order chi connectivity index (χ0) is 19.0. The van der Waals surface area contributed by atoms with Crippen LogP contribution in [0.1, 0.15) is 0 Å². The van der Waals surface area contributed by atoms with Crippen LogP contribution in [0.15, 0.2) is 53.5 Å². The Morgan fingerprint density at radius 3 is 2.15 bits per heavy atom. The molecular weight excluding hydrogens is 362 g/mol. The average molecular weight is 379 g/mol. The van der Waals surface area contributed by atoms with Gasteiger partial charge in [-0.3, -0.25) is 4.79 Å². The van der Waals surface area contributed by atoms with E-state index in [4.69, 9.17) is 14.2 Å². The molecule has 5 nitrogen and oxygen atoms in total. The maximum Gasteiger partial charge on any atom is 0.212 e. The zero-order valence-electron chi connectivity index (χ0n) is 15.1. The number of hydrogen-bond acceptors (Lipinski definition) is 6. The monoisotopic (exact) mass is 379 g/mol. The second-order valence-electron chi connectivity index (χ2n) is 5.93. The van der Waals surface area contributed by atoms with Crippen molar-refractivity contribution >= 4 is 31.5 Å². The van der Waals surface area contributed by atoms with E-state index in [1.807, 2.05) is 30.3 Å². The number of nitrogens with zero attached hydrogens (tertiary/aromatic N) is 1. The molecule has 6 heteroatoms. The van der Waals surface area contributed by atoms with Crippen molar-refractivity contribution in [2.24, 2.45) is 0 Å². The number of pyridine rings is 1. The highest BCUT2D eigenvalue weighted by Gasteiger charge is 2.12. The van der Waals surface area contributed by atoms with Crippen LogP contribution in [0.4, 0.5) is 0 Å². The predicted molar refractivity (Wildman–Crippen MR) is 108 cm³/mol. The fraction of sp³-hybridized carbons (Fsp3) is 0.143. The molecule has 4 aromatic rings. The van der Waals surface area contributed by atoms with E-state index >= 15 is 0 Å². The highest BCUT2D eigenvalue weighted by Crippen LogP contribution is 2.35. The summed E-state index contributed by atoms with van der Waals surface area (Å²) in [6.07, 6.45) is 1.74. The number of fused-ring (bicyclic) bond motifs is 2. The van der Waals surface area contributed by atoms with Crippen molar-refractivity contribution in [3.63, 3.8) is 0 Å². The Bertz CT molecular complexity index is 1200. The van der Waals surface area contributed by atoms with Gasteiger partial charge in [-0.05, 0) is 29.8 Å². The van der Waals surface area contributed by atoms with E-state index in [0.717, 1.165) is 20.5 Å². The van der Waals surface area contributed by atoms with Crippen LogP contribution in [0, 0.1) is 0 Å². The van der Waals surface area contributed by atoms with Crippen LogP contribution >= 0.6 is 11.3 Å². The molecule has 0 radical (unpaired) electrons. The Balaban J connectivity index is 1.93. The molecule has 0 N–H and O–H groups in total.